The molecule has 2 saturated heterocycles. The van der Waals surface area contributed by atoms with Gasteiger partial charge in [0.2, 0.25) is 11.8 Å². The second-order valence-electron chi connectivity index (χ2n) is 9.59. The van der Waals surface area contributed by atoms with Crippen molar-refractivity contribution < 1.29 is 43.7 Å². The number of aliphatic carboxylic acids is 2. The van der Waals surface area contributed by atoms with Crippen molar-refractivity contribution in [1.82, 2.24) is 25.0 Å². The van der Waals surface area contributed by atoms with Crippen LogP contribution in [0, 0.1) is 0 Å². The van der Waals surface area contributed by atoms with Crippen LogP contribution < -0.4 is 10.6 Å². The summed E-state index contributed by atoms with van der Waals surface area (Å²) >= 11 is 1.23. The number of nitrogens with one attached hydrogen (secondary N) is 2. The van der Waals surface area contributed by atoms with Crippen molar-refractivity contribution in [1.29, 1.82) is 0 Å². The van der Waals surface area contributed by atoms with Crippen molar-refractivity contribution in [2.24, 2.45) is 7.05 Å². The van der Waals surface area contributed by atoms with E-state index >= 15 is 0 Å². The third kappa shape index (κ3) is 6.48. The highest BCUT2D eigenvalue weighted by Gasteiger charge is 2.42. The molecule has 2 fully saturated rings. The molecule has 4 atom stereocenters. The molecular formula is C25H29N5O9S. The molecule has 0 radical (unpaired) electrons. The van der Waals surface area contributed by atoms with Crippen LogP contribution in [0.2, 0.25) is 0 Å². The van der Waals surface area contributed by atoms with E-state index in [-0.39, 0.29) is 31.8 Å². The fourth-order valence-electron chi connectivity index (χ4n) is 4.91. The third-order valence-electron chi connectivity index (χ3n) is 6.86. The molecule has 2 aliphatic heterocycles. The van der Waals surface area contributed by atoms with Gasteiger partial charge in [-0.25, -0.2) is 9.59 Å². The number of aryl methyl sites for hydroxylation is 1. The molecule has 4 heterocycles. The van der Waals surface area contributed by atoms with Crippen molar-refractivity contribution in [3.63, 3.8) is 0 Å². The fourth-order valence-corrected chi connectivity index (χ4v) is 5.54. The number of amides is 4. The Kier molecular flexibility index (Phi) is 8.84. The number of carbonyl (C=O) groups excluding carboxylic acids is 4. The number of ether oxygens (including phenoxy) is 1. The number of rotatable bonds is 10. The van der Waals surface area contributed by atoms with E-state index in [1.807, 2.05) is 0 Å². The van der Waals surface area contributed by atoms with Crippen molar-refractivity contribution in [3.8, 4) is 0 Å². The van der Waals surface area contributed by atoms with E-state index in [1.165, 1.54) is 11.3 Å². The van der Waals surface area contributed by atoms with Gasteiger partial charge in [0.05, 0.1) is 4.88 Å². The number of aromatic nitrogens is 1. The van der Waals surface area contributed by atoms with Crippen molar-refractivity contribution >= 4 is 46.9 Å². The number of hydrogen-bond acceptors (Lipinski definition) is 8. The second-order valence-corrected chi connectivity index (χ2v) is 10.5. The van der Waals surface area contributed by atoms with E-state index in [4.69, 9.17) is 4.74 Å². The molecule has 2 aliphatic rings. The average Bonchev–Trinajstić information content (AvgIpc) is 3.69. The normalized spacial score (nSPS) is 22.2. The van der Waals surface area contributed by atoms with Gasteiger partial charge in [-0.3, -0.25) is 19.2 Å². The zero-order valence-electron chi connectivity index (χ0n) is 21.5. The lowest BCUT2D eigenvalue weighted by molar-refractivity contribution is -0.153. The summed E-state index contributed by atoms with van der Waals surface area (Å²) in [4.78, 5) is 76.5. The Bertz CT molecular complexity index is 1290. The molecule has 4 amide bonds. The van der Waals surface area contributed by atoms with Gasteiger partial charge in [-0.15, -0.1) is 11.3 Å². The van der Waals surface area contributed by atoms with Gasteiger partial charge in [-0.1, -0.05) is 6.07 Å². The van der Waals surface area contributed by atoms with Crippen LogP contribution in [-0.4, -0.2) is 111 Å². The first-order chi connectivity index (χ1) is 19.0. The van der Waals surface area contributed by atoms with Gasteiger partial charge in [0.1, 0.15) is 31.0 Å². The summed E-state index contributed by atoms with van der Waals surface area (Å²) in [6.07, 6.45) is 1.71. The Morgan fingerprint density at radius 2 is 1.43 bits per heavy atom. The molecule has 0 saturated carbocycles. The van der Waals surface area contributed by atoms with Gasteiger partial charge in [0, 0.05) is 51.3 Å². The minimum Gasteiger partial charge on any atom is -0.480 e. The Morgan fingerprint density at radius 3 is 1.88 bits per heavy atom. The summed E-state index contributed by atoms with van der Waals surface area (Å²) < 4.78 is 6.87. The minimum atomic E-state index is -1.24. The van der Waals surface area contributed by atoms with Crippen LogP contribution in [0.5, 0.6) is 0 Å². The van der Waals surface area contributed by atoms with Crippen LogP contribution in [-0.2, 0) is 31.0 Å². The van der Waals surface area contributed by atoms with Crippen molar-refractivity contribution in [3.05, 3.63) is 46.4 Å². The van der Waals surface area contributed by atoms with Gasteiger partial charge in [0.15, 0.2) is 0 Å². The largest absolute Gasteiger partial charge is 0.480 e. The van der Waals surface area contributed by atoms with Crippen LogP contribution in [0.3, 0.4) is 0 Å². The summed E-state index contributed by atoms with van der Waals surface area (Å²) in [5.41, 5.74) is 0.383. The molecule has 4 N–H and O–H groups in total. The summed E-state index contributed by atoms with van der Waals surface area (Å²) in [5, 5.41) is 26.4. The molecule has 0 aliphatic carbocycles. The molecule has 214 valence electrons. The minimum absolute atomic E-state index is 0.00279. The number of carbonyl (C=O) groups is 6. The predicted molar refractivity (Wildman–Crippen MR) is 139 cm³/mol. The van der Waals surface area contributed by atoms with Gasteiger partial charge < -0.3 is 40.0 Å². The number of thiophene rings is 1. The summed E-state index contributed by atoms with van der Waals surface area (Å²) in [7, 11) is 1.69. The zero-order chi connectivity index (χ0) is 29.0. The maximum Gasteiger partial charge on any atom is 0.326 e. The molecule has 14 nitrogen and oxygen atoms in total. The molecular weight excluding hydrogens is 546 g/mol. The monoisotopic (exact) mass is 575 g/mol. The Labute approximate surface area is 232 Å². The smallest absolute Gasteiger partial charge is 0.326 e. The first kappa shape index (κ1) is 28.8. The first-order valence-electron chi connectivity index (χ1n) is 12.4. The maximum absolute atomic E-state index is 12.8. The number of carboxylic acid groups (broad SMARTS) is 2. The molecule has 0 spiro atoms. The average molecular weight is 576 g/mol. The van der Waals surface area contributed by atoms with Crippen LogP contribution in [0.4, 0.5) is 0 Å². The zero-order valence-corrected chi connectivity index (χ0v) is 22.3. The molecule has 4 rings (SSSR count). The lowest BCUT2D eigenvalue weighted by Crippen LogP contribution is -2.45. The van der Waals surface area contributed by atoms with Crippen molar-refractivity contribution in [2.45, 2.75) is 37.0 Å². The Balaban J connectivity index is 1.29. The van der Waals surface area contributed by atoms with Gasteiger partial charge >= 0.3 is 11.9 Å². The van der Waals surface area contributed by atoms with E-state index in [1.54, 1.807) is 47.5 Å². The molecule has 2 aromatic rings. The maximum atomic E-state index is 12.8. The molecule has 40 heavy (non-hydrogen) atoms. The highest BCUT2D eigenvalue weighted by atomic mass is 32.1. The molecule has 0 bridgehead atoms. The molecule has 0 aromatic carbocycles. The fraction of sp³-hybridized carbons (Fsp3) is 0.440. The lowest BCUT2D eigenvalue weighted by atomic mass is 10.1. The van der Waals surface area contributed by atoms with Crippen LogP contribution in [0.25, 0.3) is 0 Å². The Morgan fingerprint density at radius 1 is 0.875 bits per heavy atom. The SMILES string of the molecule is Cn1cccc1C(=O)NC1CC(C(=O)O)N(C(=O)COCC(=O)N2CC(NC(=O)c3cccs3)CC2C(=O)O)C1. The van der Waals surface area contributed by atoms with E-state index in [9.17, 15) is 39.0 Å². The van der Waals surface area contributed by atoms with E-state index < -0.39 is 67.0 Å². The molecule has 15 heteroatoms. The second kappa shape index (κ2) is 12.3. The number of carboxylic acids is 2. The van der Waals surface area contributed by atoms with Gasteiger partial charge in [-0.05, 0) is 23.6 Å². The molecule has 2 aromatic heterocycles. The molecule has 4 unspecified atom stereocenters. The van der Waals surface area contributed by atoms with E-state index in [2.05, 4.69) is 10.6 Å². The van der Waals surface area contributed by atoms with Crippen molar-refractivity contribution in [2.75, 3.05) is 26.3 Å². The van der Waals surface area contributed by atoms with Crippen LogP contribution >= 0.6 is 11.3 Å². The summed E-state index contributed by atoms with van der Waals surface area (Å²) in [5.74, 6) is -4.61. The summed E-state index contributed by atoms with van der Waals surface area (Å²) in [6, 6.07) is 3.11. The van der Waals surface area contributed by atoms with Gasteiger partial charge in [0.25, 0.3) is 11.8 Å². The van der Waals surface area contributed by atoms with Gasteiger partial charge in [-0.2, -0.15) is 0 Å². The predicted octanol–water partition coefficient (Wildman–Crippen LogP) is -0.629. The first-order valence-corrected chi connectivity index (χ1v) is 13.3. The van der Waals surface area contributed by atoms with E-state index in [0.29, 0.717) is 10.6 Å². The Hall–Kier alpha value is -4.24. The number of likely N-dealkylation sites (tertiary alicyclic amines) is 2. The standard InChI is InChI=1S/C25H29N5O9S/c1-28-6-2-4-16(28)22(33)26-14-8-17(24(35)36)29(10-14)20(31)12-39-13-21(32)30-11-15(9-18(30)25(37)38)27-23(34)19-5-3-7-40-19/h2-7,14-15,17-18H,8-13H2,1H3,(H,26,33)(H,27,34)(H,35,36)(H,37,38). The highest BCUT2D eigenvalue weighted by Crippen LogP contribution is 2.21. The number of hydrogen-bond donors (Lipinski definition) is 4. The third-order valence-corrected chi connectivity index (χ3v) is 7.72. The van der Waals surface area contributed by atoms with E-state index in [0.717, 1.165) is 9.80 Å². The quantitative estimate of drug-likeness (QED) is 0.286. The van der Waals surface area contributed by atoms with Crippen LogP contribution in [0.15, 0.2) is 35.8 Å². The number of nitrogens with zero attached hydrogens (tertiary/aromatic N) is 3. The summed E-state index contributed by atoms with van der Waals surface area (Å²) in [6.45, 7) is -1.32. The highest BCUT2D eigenvalue weighted by molar-refractivity contribution is 7.12. The topological polar surface area (TPSA) is 188 Å². The lowest BCUT2D eigenvalue weighted by Gasteiger charge is -2.23. The van der Waals surface area contributed by atoms with Crippen LogP contribution in [0.1, 0.15) is 33.0 Å².